The van der Waals surface area contributed by atoms with Crippen molar-refractivity contribution in [2.45, 2.75) is 31.5 Å². The van der Waals surface area contributed by atoms with Gasteiger partial charge >= 0.3 is 0 Å². The maximum absolute atomic E-state index is 4.16. The molecular weight excluding hydrogens is 346 g/mol. The number of hydrazine groups is 1. The monoisotopic (exact) mass is 377 g/mol. The van der Waals surface area contributed by atoms with Crippen molar-refractivity contribution < 1.29 is 0 Å². The van der Waals surface area contributed by atoms with Crippen molar-refractivity contribution in [3.63, 3.8) is 0 Å². The van der Waals surface area contributed by atoms with Crippen LogP contribution >= 0.6 is 0 Å². The highest BCUT2D eigenvalue weighted by atomic mass is 15.4. The molecule has 0 amide bonds. The second kappa shape index (κ2) is 8.29. The van der Waals surface area contributed by atoms with E-state index in [0.717, 1.165) is 19.0 Å². The summed E-state index contributed by atoms with van der Waals surface area (Å²) < 4.78 is 0. The number of rotatable bonds is 5. The second-order valence-corrected chi connectivity index (χ2v) is 8.77. The predicted octanol–water partition coefficient (Wildman–Crippen LogP) is 2.44. The number of piperidine rings is 1. The molecular formula is C23H31N5. The third-order valence-electron chi connectivity index (χ3n) is 6.78. The molecule has 5 heteroatoms. The van der Waals surface area contributed by atoms with E-state index in [1.54, 1.807) is 0 Å². The Morgan fingerprint density at radius 1 is 0.964 bits per heavy atom. The average molecular weight is 378 g/mol. The van der Waals surface area contributed by atoms with Gasteiger partial charge in [0.1, 0.15) is 0 Å². The maximum Gasteiger partial charge on any atom is 0.0515 e. The van der Waals surface area contributed by atoms with E-state index >= 15 is 0 Å². The van der Waals surface area contributed by atoms with Crippen molar-refractivity contribution in [1.29, 1.82) is 0 Å². The van der Waals surface area contributed by atoms with Crippen molar-refractivity contribution in [2.24, 2.45) is 11.8 Å². The molecule has 2 aromatic rings. The van der Waals surface area contributed by atoms with Gasteiger partial charge in [0.05, 0.1) is 6.04 Å². The van der Waals surface area contributed by atoms with E-state index in [4.69, 9.17) is 0 Å². The Balaban J connectivity index is 1.25. The molecule has 2 N–H and O–H groups in total. The molecule has 6 rings (SSSR count). The van der Waals surface area contributed by atoms with E-state index in [2.05, 4.69) is 68.1 Å². The maximum atomic E-state index is 4.16. The molecule has 4 aliphatic heterocycles. The lowest BCUT2D eigenvalue weighted by Crippen LogP contribution is -2.47. The van der Waals surface area contributed by atoms with Crippen LogP contribution in [0.1, 0.15) is 30.0 Å². The summed E-state index contributed by atoms with van der Waals surface area (Å²) in [6.45, 7) is 6.98. The topological polar surface area (TPSA) is 43.4 Å². The van der Waals surface area contributed by atoms with Crippen LogP contribution in [-0.2, 0) is 6.54 Å². The number of fused-ring (bicyclic) bond motifs is 4. The smallest absolute Gasteiger partial charge is 0.0515 e. The number of benzene rings is 1. The zero-order valence-electron chi connectivity index (χ0n) is 16.5. The van der Waals surface area contributed by atoms with Gasteiger partial charge in [-0.05, 0) is 42.0 Å². The third-order valence-corrected chi connectivity index (χ3v) is 6.78. The van der Waals surface area contributed by atoms with Gasteiger partial charge in [-0.2, -0.15) is 0 Å². The number of hydrogen-bond acceptors (Lipinski definition) is 5. The molecule has 2 bridgehead atoms. The van der Waals surface area contributed by atoms with Gasteiger partial charge in [0.2, 0.25) is 0 Å². The minimum absolute atomic E-state index is 0.413. The molecule has 4 fully saturated rings. The highest BCUT2D eigenvalue weighted by molar-refractivity contribution is 5.21. The minimum atomic E-state index is 0.413. The van der Waals surface area contributed by atoms with Crippen LogP contribution in [-0.4, -0.2) is 53.5 Å². The predicted molar refractivity (Wildman–Crippen MR) is 111 cm³/mol. The van der Waals surface area contributed by atoms with E-state index < -0.39 is 0 Å². The molecule has 0 aliphatic carbocycles. The summed E-state index contributed by atoms with van der Waals surface area (Å²) in [5.74, 6) is 1.42. The van der Waals surface area contributed by atoms with Crippen LogP contribution in [0.15, 0.2) is 54.9 Å². The molecule has 28 heavy (non-hydrogen) atoms. The van der Waals surface area contributed by atoms with Gasteiger partial charge in [-0.3, -0.25) is 20.2 Å². The zero-order chi connectivity index (χ0) is 18.8. The quantitative estimate of drug-likeness (QED) is 0.838. The Labute approximate surface area is 168 Å². The lowest BCUT2D eigenvalue weighted by atomic mass is 9.90. The number of nitrogens with one attached hydrogen (secondary N) is 2. The van der Waals surface area contributed by atoms with Crippen LogP contribution in [0.4, 0.5) is 0 Å². The van der Waals surface area contributed by atoms with Gasteiger partial charge in [-0.1, -0.05) is 30.3 Å². The number of aromatic nitrogens is 1. The van der Waals surface area contributed by atoms with E-state index in [9.17, 15) is 0 Å². The first-order valence-corrected chi connectivity index (χ1v) is 10.7. The van der Waals surface area contributed by atoms with Crippen molar-refractivity contribution in [3.8, 4) is 0 Å². The van der Waals surface area contributed by atoms with Crippen molar-refractivity contribution in [3.05, 3.63) is 66.0 Å². The average Bonchev–Trinajstić information content (AvgIpc) is 3.02. The fraction of sp³-hybridized carbons (Fsp3) is 0.522. The van der Waals surface area contributed by atoms with Gasteiger partial charge in [-0.25, -0.2) is 5.43 Å². The molecule has 4 aliphatic rings. The van der Waals surface area contributed by atoms with Gasteiger partial charge in [0.15, 0.2) is 0 Å². The third kappa shape index (κ3) is 3.98. The molecule has 5 nitrogen and oxygen atoms in total. The van der Waals surface area contributed by atoms with Gasteiger partial charge < -0.3 is 0 Å². The Bertz CT molecular complexity index is 752. The molecule has 1 aromatic heterocycles. The fourth-order valence-corrected chi connectivity index (χ4v) is 5.40. The summed E-state index contributed by atoms with van der Waals surface area (Å²) >= 11 is 0. The molecule has 4 saturated heterocycles. The molecule has 4 atom stereocenters. The normalized spacial score (nSPS) is 31.1. The summed E-state index contributed by atoms with van der Waals surface area (Å²) in [4.78, 5) is 9.64. The number of nitrogens with zero attached hydrogens (tertiary/aromatic N) is 3. The largest absolute Gasteiger partial charge is 0.298 e. The Morgan fingerprint density at radius 2 is 1.82 bits per heavy atom. The van der Waals surface area contributed by atoms with Crippen molar-refractivity contribution in [1.82, 2.24) is 25.6 Å². The summed E-state index contributed by atoms with van der Waals surface area (Å²) in [7, 11) is 0. The molecule has 148 valence electrons. The molecule has 0 spiro atoms. The second-order valence-electron chi connectivity index (χ2n) is 8.77. The van der Waals surface area contributed by atoms with Gasteiger partial charge in [-0.15, -0.1) is 0 Å². The van der Waals surface area contributed by atoms with Gasteiger partial charge in [0.25, 0.3) is 0 Å². The first kappa shape index (κ1) is 18.3. The lowest BCUT2D eigenvalue weighted by molar-refractivity contribution is 0.109. The standard InChI is InChI=1S/C23H31N5/c1-2-4-20(5-3-1)23-21(12-25-26-23)16-28-15-19-6-7-22(28)17-27(14-19)13-18-8-10-24-11-9-18/h1-5,8-11,19,21-23,25-26H,6-7,12-17H2/t19-,21?,22+,23?/m1/s1. The van der Waals surface area contributed by atoms with Crippen LogP contribution in [0.5, 0.6) is 0 Å². The molecule has 5 heterocycles. The lowest BCUT2D eigenvalue weighted by Gasteiger charge is -2.38. The SMILES string of the molecule is c1ccc(C2NNCC2CN2C[C@@H]3CC[C@H]2CN(Cc2ccncc2)C3)cc1. The summed E-state index contributed by atoms with van der Waals surface area (Å²) in [6.07, 6.45) is 6.56. The Morgan fingerprint density at radius 3 is 2.68 bits per heavy atom. The van der Waals surface area contributed by atoms with E-state index in [1.807, 2.05) is 12.4 Å². The fourth-order valence-electron chi connectivity index (χ4n) is 5.40. The minimum Gasteiger partial charge on any atom is -0.298 e. The summed E-state index contributed by atoms with van der Waals surface area (Å²) in [5, 5.41) is 0. The van der Waals surface area contributed by atoms with Crippen LogP contribution in [0.25, 0.3) is 0 Å². The molecule has 0 radical (unpaired) electrons. The first-order chi connectivity index (χ1) is 13.8. The zero-order valence-corrected chi connectivity index (χ0v) is 16.5. The van der Waals surface area contributed by atoms with Crippen molar-refractivity contribution in [2.75, 3.05) is 32.7 Å². The molecule has 1 aromatic carbocycles. The Hall–Kier alpha value is -1.79. The van der Waals surface area contributed by atoms with E-state index in [0.29, 0.717) is 18.0 Å². The van der Waals surface area contributed by atoms with Crippen LogP contribution in [0, 0.1) is 11.8 Å². The first-order valence-electron chi connectivity index (χ1n) is 10.7. The molecule has 0 saturated carbocycles. The summed E-state index contributed by atoms with van der Waals surface area (Å²) in [5.41, 5.74) is 9.72. The highest BCUT2D eigenvalue weighted by Gasteiger charge is 2.38. The van der Waals surface area contributed by atoms with Crippen LogP contribution in [0.2, 0.25) is 0 Å². The molecule has 2 unspecified atom stereocenters. The highest BCUT2D eigenvalue weighted by Crippen LogP contribution is 2.32. The number of pyridine rings is 1. The van der Waals surface area contributed by atoms with E-state index in [1.165, 1.54) is 50.1 Å². The Kier molecular flexibility index (Phi) is 5.41. The van der Waals surface area contributed by atoms with Crippen LogP contribution < -0.4 is 10.9 Å². The number of hydrogen-bond donors (Lipinski definition) is 2. The van der Waals surface area contributed by atoms with Gasteiger partial charge in [0, 0.05) is 63.6 Å². The van der Waals surface area contributed by atoms with Crippen molar-refractivity contribution >= 4 is 0 Å². The van der Waals surface area contributed by atoms with Crippen LogP contribution in [0.3, 0.4) is 0 Å². The summed E-state index contributed by atoms with van der Waals surface area (Å²) in [6, 6.07) is 16.3. The van der Waals surface area contributed by atoms with E-state index in [-0.39, 0.29) is 0 Å².